The monoisotopic (exact) mass is 804 g/mol. The molecule has 2 aromatic heterocycles. The average Bonchev–Trinajstić information content (AvgIpc) is 3.92. The van der Waals surface area contributed by atoms with Gasteiger partial charge in [0.1, 0.15) is 5.58 Å². The summed E-state index contributed by atoms with van der Waals surface area (Å²) >= 11 is 0. The standard InChI is InChI=1S/C60H40N2O/c1-3-19-41(20-4-1)45-23-7-8-24-47(45)48-25-9-10-26-49(48)50-27-11-14-32-54(50)62(57-35-18-31-52-51-28-13-16-36-58(51)63-60(52)57)44-39-37-42(38-40-44)46-30-17-34-56-59(46)53-29-12-15-33-55(53)61(56)43-21-5-2-6-22-43/h1-40H. The van der Waals surface area contributed by atoms with Gasteiger partial charge in [0.2, 0.25) is 0 Å². The maximum Gasteiger partial charge on any atom is 0.159 e. The number of nitrogens with zero attached hydrogens (tertiary/aromatic N) is 2. The van der Waals surface area contributed by atoms with Crippen LogP contribution >= 0.6 is 0 Å². The lowest BCUT2D eigenvalue weighted by atomic mass is 9.88. The lowest BCUT2D eigenvalue weighted by molar-refractivity contribution is 0.669. The van der Waals surface area contributed by atoms with Gasteiger partial charge in [-0.1, -0.05) is 188 Å². The van der Waals surface area contributed by atoms with E-state index in [0.29, 0.717) is 0 Å². The molecule has 2 heterocycles. The van der Waals surface area contributed by atoms with Crippen LogP contribution in [0.25, 0.3) is 93.9 Å². The molecule has 0 aliphatic carbocycles. The molecule has 296 valence electrons. The first kappa shape index (κ1) is 36.5. The molecular weight excluding hydrogens is 765 g/mol. The van der Waals surface area contributed by atoms with Crippen LogP contribution < -0.4 is 4.90 Å². The highest BCUT2D eigenvalue weighted by Crippen LogP contribution is 2.48. The zero-order valence-corrected chi connectivity index (χ0v) is 34.4. The lowest BCUT2D eigenvalue weighted by Crippen LogP contribution is -2.11. The molecule has 0 aliphatic rings. The van der Waals surface area contributed by atoms with E-state index in [1.54, 1.807) is 0 Å². The van der Waals surface area contributed by atoms with Gasteiger partial charge < -0.3 is 13.9 Å². The van der Waals surface area contributed by atoms with Crippen LogP contribution in [0.15, 0.2) is 247 Å². The number of furan rings is 1. The first-order valence-corrected chi connectivity index (χ1v) is 21.5. The van der Waals surface area contributed by atoms with Gasteiger partial charge in [0, 0.05) is 38.5 Å². The molecule has 10 aromatic carbocycles. The predicted molar refractivity (Wildman–Crippen MR) is 264 cm³/mol. The van der Waals surface area contributed by atoms with Gasteiger partial charge in [0.15, 0.2) is 5.58 Å². The van der Waals surface area contributed by atoms with E-state index in [9.17, 15) is 0 Å². The summed E-state index contributed by atoms with van der Waals surface area (Å²) in [5.41, 5.74) is 17.7. The van der Waals surface area contributed by atoms with E-state index in [1.807, 2.05) is 6.07 Å². The second kappa shape index (κ2) is 15.3. The highest BCUT2D eigenvalue weighted by atomic mass is 16.3. The Hall–Kier alpha value is -8.40. The van der Waals surface area contributed by atoms with Gasteiger partial charge in [0.25, 0.3) is 0 Å². The van der Waals surface area contributed by atoms with Crippen molar-refractivity contribution in [1.29, 1.82) is 0 Å². The zero-order chi connectivity index (χ0) is 41.7. The van der Waals surface area contributed by atoms with Gasteiger partial charge in [-0.05, 0) is 93.5 Å². The Labute approximate surface area is 366 Å². The number of hydrogen-bond acceptors (Lipinski definition) is 2. The van der Waals surface area contributed by atoms with Crippen molar-refractivity contribution in [2.45, 2.75) is 0 Å². The van der Waals surface area contributed by atoms with Gasteiger partial charge in [-0.2, -0.15) is 0 Å². The number of aromatic nitrogens is 1. The SMILES string of the molecule is c1ccc(-c2ccccc2-c2ccccc2-c2ccccc2N(c2ccc(-c3cccc4c3c3ccccc3n4-c3ccccc3)cc2)c2cccc3c2oc2ccccc23)cc1. The van der Waals surface area contributed by atoms with E-state index in [0.717, 1.165) is 61.4 Å². The number of para-hydroxylation sites is 5. The van der Waals surface area contributed by atoms with Crippen molar-refractivity contribution in [3.05, 3.63) is 243 Å². The molecule has 3 heteroatoms. The summed E-state index contributed by atoms with van der Waals surface area (Å²) in [6.07, 6.45) is 0. The van der Waals surface area contributed by atoms with Crippen LogP contribution in [0.4, 0.5) is 17.1 Å². The Kier molecular flexibility index (Phi) is 8.83. The molecule has 0 spiro atoms. The summed E-state index contributed by atoms with van der Waals surface area (Å²) in [7, 11) is 0. The Morgan fingerprint density at radius 1 is 0.317 bits per heavy atom. The van der Waals surface area contributed by atoms with E-state index in [-0.39, 0.29) is 0 Å². The van der Waals surface area contributed by atoms with Crippen molar-refractivity contribution < 1.29 is 4.42 Å². The van der Waals surface area contributed by atoms with Crippen molar-refractivity contribution in [1.82, 2.24) is 4.57 Å². The minimum Gasteiger partial charge on any atom is -0.454 e. The third kappa shape index (κ3) is 6.13. The molecule has 0 saturated heterocycles. The molecule has 0 N–H and O–H groups in total. The summed E-state index contributed by atoms with van der Waals surface area (Å²) in [5, 5.41) is 4.66. The van der Waals surface area contributed by atoms with Gasteiger partial charge in [-0.3, -0.25) is 0 Å². The second-order valence-electron chi connectivity index (χ2n) is 16.0. The van der Waals surface area contributed by atoms with E-state index in [4.69, 9.17) is 4.42 Å². The number of fused-ring (bicyclic) bond motifs is 6. The van der Waals surface area contributed by atoms with Crippen molar-refractivity contribution in [3.63, 3.8) is 0 Å². The van der Waals surface area contributed by atoms with Crippen LogP contribution in [0.2, 0.25) is 0 Å². The Balaban J connectivity index is 1.06. The average molecular weight is 805 g/mol. The van der Waals surface area contributed by atoms with Gasteiger partial charge in [-0.25, -0.2) is 0 Å². The molecule has 0 amide bonds. The van der Waals surface area contributed by atoms with Crippen LogP contribution in [0.1, 0.15) is 0 Å². The maximum atomic E-state index is 6.79. The molecule has 12 rings (SSSR count). The van der Waals surface area contributed by atoms with Gasteiger partial charge >= 0.3 is 0 Å². The molecule has 12 aromatic rings. The molecule has 3 nitrogen and oxygen atoms in total. The van der Waals surface area contributed by atoms with E-state index in [2.05, 4.69) is 246 Å². The van der Waals surface area contributed by atoms with Crippen LogP contribution in [-0.2, 0) is 0 Å². The third-order valence-corrected chi connectivity index (χ3v) is 12.4. The van der Waals surface area contributed by atoms with Crippen LogP contribution in [0.5, 0.6) is 0 Å². The first-order chi connectivity index (χ1) is 31.3. The number of anilines is 3. The Morgan fingerprint density at radius 2 is 0.825 bits per heavy atom. The molecule has 0 bridgehead atoms. The molecule has 63 heavy (non-hydrogen) atoms. The topological polar surface area (TPSA) is 21.3 Å². The highest BCUT2D eigenvalue weighted by molar-refractivity contribution is 6.16. The van der Waals surface area contributed by atoms with Crippen molar-refractivity contribution >= 4 is 60.8 Å². The molecule has 0 fully saturated rings. The number of hydrogen-bond donors (Lipinski definition) is 0. The quantitative estimate of drug-likeness (QED) is 0.153. The molecule has 0 unspecified atom stereocenters. The third-order valence-electron chi connectivity index (χ3n) is 12.4. The number of rotatable bonds is 8. The highest BCUT2D eigenvalue weighted by Gasteiger charge is 2.24. The summed E-state index contributed by atoms with van der Waals surface area (Å²) in [6, 6.07) is 87.0. The number of benzene rings is 10. The van der Waals surface area contributed by atoms with Crippen molar-refractivity contribution in [3.8, 4) is 50.2 Å². The minimum atomic E-state index is 0.846. The van der Waals surface area contributed by atoms with Gasteiger partial charge in [0.05, 0.1) is 22.4 Å². The summed E-state index contributed by atoms with van der Waals surface area (Å²) in [5.74, 6) is 0. The summed E-state index contributed by atoms with van der Waals surface area (Å²) in [4.78, 5) is 2.38. The van der Waals surface area contributed by atoms with E-state index in [1.165, 1.54) is 49.6 Å². The smallest absolute Gasteiger partial charge is 0.159 e. The van der Waals surface area contributed by atoms with Crippen LogP contribution in [-0.4, -0.2) is 4.57 Å². The minimum absolute atomic E-state index is 0.846. The zero-order valence-electron chi connectivity index (χ0n) is 34.4. The fourth-order valence-corrected chi connectivity index (χ4v) is 9.66. The summed E-state index contributed by atoms with van der Waals surface area (Å²) in [6.45, 7) is 0. The predicted octanol–water partition coefficient (Wildman–Crippen LogP) is 16.8. The van der Waals surface area contributed by atoms with E-state index >= 15 is 0 Å². The lowest BCUT2D eigenvalue weighted by Gasteiger charge is -2.28. The molecule has 0 radical (unpaired) electrons. The second-order valence-corrected chi connectivity index (χ2v) is 16.0. The molecule has 0 saturated carbocycles. The Bertz CT molecular complexity index is 3620. The molecular formula is C60H40N2O. The van der Waals surface area contributed by atoms with Crippen LogP contribution in [0, 0.1) is 0 Å². The normalized spacial score (nSPS) is 11.5. The van der Waals surface area contributed by atoms with Crippen molar-refractivity contribution in [2.24, 2.45) is 0 Å². The van der Waals surface area contributed by atoms with Crippen LogP contribution in [0.3, 0.4) is 0 Å². The molecule has 0 aliphatic heterocycles. The van der Waals surface area contributed by atoms with E-state index < -0.39 is 0 Å². The van der Waals surface area contributed by atoms with Crippen molar-refractivity contribution in [2.75, 3.05) is 4.90 Å². The first-order valence-electron chi connectivity index (χ1n) is 21.5. The molecule has 0 atom stereocenters. The fraction of sp³-hybridized carbons (Fsp3) is 0. The van der Waals surface area contributed by atoms with Gasteiger partial charge in [-0.15, -0.1) is 0 Å². The Morgan fingerprint density at radius 3 is 1.60 bits per heavy atom. The maximum absolute atomic E-state index is 6.79. The largest absolute Gasteiger partial charge is 0.454 e. The fourth-order valence-electron chi connectivity index (χ4n) is 9.66. The summed E-state index contributed by atoms with van der Waals surface area (Å²) < 4.78 is 9.17.